The van der Waals surface area contributed by atoms with Crippen molar-refractivity contribution in [3.8, 4) is 0 Å². The summed E-state index contributed by atoms with van der Waals surface area (Å²) in [6, 6.07) is 10.0. The van der Waals surface area contributed by atoms with Crippen LogP contribution >= 0.6 is 12.2 Å². The van der Waals surface area contributed by atoms with Crippen LogP contribution in [0.3, 0.4) is 0 Å². The molecule has 11 heteroatoms. The van der Waals surface area contributed by atoms with Crippen molar-refractivity contribution >= 4 is 50.7 Å². The summed E-state index contributed by atoms with van der Waals surface area (Å²) in [5.74, 6) is -1.19. The third kappa shape index (κ3) is 7.59. The average Bonchev–Trinajstić information content (AvgIpc) is 2.66. The van der Waals surface area contributed by atoms with E-state index in [1.165, 1.54) is 42.5 Å². The van der Waals surface area contributed by atoms with E-state index in [1.807, 2.05) is 0 Å². The summed E-state index contributed by atoms with van der Waals surface area (Å²) in [5.41, 5.74) is 1.17. The number of primary sulfonamides is 1. The van der Waals surface area contributed by atoms with Gasteiger partial charge < -0.3 is 20.1 Å². The number of rotatable bonds is 7. The van der Waals surface area contributed by atoms with Crippen LogP contribution < -0.4 is 15.8 Å². The number of nitrogens with two attached hydrogens (primary N) is 1. The Morgan fingerprint density at radius 3 is 1.69 bits per heavy atom. The molecule has 0 aliphatic heterocycles. The van der Waals surface area contributed by atoms with E-state index in [9.17, 15) is 18.0 Å². The molecule has 0 saturated heterocycles. The van der Waals surface area contributed by atoms with Gasteiger partial charge in [-0.25, -0.2) is 23.1 Å². The lowest BCUT2D eigenvalue weighted by Crippen LogP contribution is -2.21. The molecular formula is C21H25N3O6S2. The Morgan fingerprint density at radius 1 is 0.844 bits per heavy atom. The van der Waals surface area contributed by atoms with Crippen molar-refractivity contribution in [2.75, 3.05) is 10.6 Å². The number of nitrogens with one attached hydrogen (secondary N) is 2. The second kappa shape index (κ2) is 10.5. The molecule has 2 aromatic carbocycles. The zero-order valence-corrected chi connectivity index (χ0v) is 19.7. The van der Waals surface area contributed by atoms with Gasteiger partial charge in [0.1, 0.15) is 0 Å². The van der Waals surface area contributed by atoms with E-state index < -0.39 is 22.0 Å². The average molecular weight is 480 g/mol. The maximum absolute atomic E-state index is 12.4. The first kappa shape index (κ1) is 25.2. The van der Waals surface area contributed by atoms with E-state index in [4.69, 9.17) is 26.8 Å². The first-order chi connectivity index (χ1) is 14.8. The highest BCUT2D eigenvalue weighted by Gasteiger charge is 2.17. The summed E-state index contributed by atoms with van der Waals surface area (Å²) in [4.78, 5) is 24.7. The molecular weight excluding hydrogens is 454 g/mol. The molecule has 0 unspecified atom stereocenters. The summed E-state index contributed by atoms with van der Waals surface area (Å²) in [6.45, 7) is 6.87. The largest absolute Gasteiger partial charge is 0.459 e. The monoisotopic (exact) mass is 479 g/mol. The molecule has 172 valence electrons. The molecule has 0 spiro atoms. The molecule has 0 bridgehead atoms. The Balaban J connectivity index is 2.25. The zero-order chi connectivity index (χ0) is 24.1. The summed E-state index contributed by atoms with van der Waals surface area (Å²) >= 11 is 5.28. The first-order valence-electron chi connectivity index (χ1n) is 9.63. The minimum Gasteiger partial charge on any atom is -0.459 e. The third-order valence-corrected chi connectivity index (χ3v) is 4.92. The zero-order valence-electron chi connectivity index (χ0n) is 18.0. The van der Waals surface area contributed by atoms with E-state index in [0.29, 0.717) is 11.4 Å². The molecule has 0 radical (unpaired) electrons. The standard InChI is InChI=1S/C21H25N3O6S2/c1-12(2)29-19(25)14-9-15(20(26)30-13(3)4)11-17(10-14)24-21(31)23-16-5-7-18(8-6-16)32(22,27)28/h5-13H,1-4H3,(H2,22,27,28)(H2,23,24,31). The number of carbonyl (C=O) groups excluding carboxylic acids is 2. The summed E-state index contributed by atoms with van der Waals surface area (Å²) in [7, 11) is -3.80. The van der Waals surface area contributed by atoms with E-state index in [0.717, 1.165) is 0 Å². The Kier molecular flexibility index (Phi) is 8.31. The van der Waals surface area contributed by atoms with Crippen LogP contribution in [0.4, 0.5) is 11.4 Å². The maximum atomic E-state index is 12.4. The molecule has 4 N–H and O–H groups in total. The maximum Gasteiger partial charge on any atom is 0.338 e. The molecule has 0 aliphatic rings. The smallest absolute Gasteiger partial charge is 0.338 e. The number of thiocarbonyl (C=S) groups is 1. The van der Waals surface area contributed by atoms with E-state index in [1.54, 1.807) is 27.7 Å². The van der Waals surface area contributed by atoms with Gasteiger partial charge in [0.05, 0.1) is 28.2 Å². The number of esters is 2. The number of carbonyl (C=O) groups is 2. The Hall–Kier alpha value is -3.02. The van der Waals surface area contributed by atoms with Crippen LogP contribution in [0.25, 0.3) is 0 Å². The van der Waals surface area contributed by atoms with Crippen molar-refractivity contribution in [3.63, 3.8) is 0 Å². The van der Waals surface area contributed by atoms with E-state index in [-0.39, 0.29) is 33.3 Å². The number of sulfonamides is 1. The Labute approximate surface area is 192 Å². The topological polar surface area (TPSA) is 137 Å². The van der Waals surface area contributed by atoms with Crippen LogP contribution in [0.1, 0.15) is 48.4 Å². The summed E-state index contributed by atoms with van der Waals surface area (Å²) in [6.07, 6.45) is -0.679. The van der Waals surface area contributed by atoms with Gasteiger partial charge in [-0.2, -0.15) is 0 Å². The predicted octanol–water partition coefficient (Wildman–Crippen LogP) is 3.27. The number of hydrogen-bond acceptors (Lipinski definition) is 7. The van der Waals surface area contributed by atoms with Gasteiger partial charge in [-0.05, 0) is 82.4 Å². The molecule has 2 aromatic rings. The Bertz CT molecular complexity index is 1070. The molecule has 0 fully saturated rings. The van der Waals surface area contributed by atoms with E-state index in [2.05, 4.69) is 10.6 Å². The van der Waals surface area contributed by atoms with Crippen LogP contribution in [0.15, 0.2) is 47.4 Å². The van der Waals surface area contributed by atoms with E-state index >= 15 is 0 Å². The first-order valence-corrected chi connectivity index (χ1v) is 11.6. The van der Waals surface area contributed by atoms with Crippen molar-refractivity contribution in [1.29, 1.82) is 0 Å². The number of hydrogen-bond donors (Lipinski definition) is 3. The second-order valence-corrected chi connectivity index (χ2v) is 9.33. The summed E-state index contributed by atoms with van der Waals surface area (Å²) < 4.78 is 33.2. The van der Waals surface area contributed by atoms with Crippen molar-refractivity contribution < 1.29 is 27.5 Å². The SMILES string of the molecule is CC(C)OC(=O)c1cc(NC(=S)Nc2ccc(S(N)(=O)=O)cc2)cc(C(=O)OC(C)C)c1. The number of benzene rings is 2. The molecule has 0 aliphatic carbocycles. The molecule has 9 nitrogen and oxygen atoms in total. The number of ether oxygens (including phenoxy) is 2. The lowest BCUT2D eigenvalue weighted by atomic mass is 10.1. The fraction of sp³-hybridized carbons (Fsp3) is 0.286. The summed E-state index contributed by atoms with van der Waals surface area (Å²) in [5, 5.41) is 11.0. The van der Waals surface area contributed by atoms with Crippen LogP contribution in [-0.4, -0.2) is 37.7 Å². The van der Waals surface area contributed by atoms with Crippen LogP contribution in [-0.2, 0) is 19.5 Å². The van der Waals surface area contributed by atoms with Crippen LogP contribution in [0, 0.1) is 0 Å². The highest BCUT2D eigenvalue weighted by Crippen LogP contribution is 2.19. The van der Waals surface area contributed by atoms with Crippen molar-refractivity contribution in [2.45, 2.75) is 44.8 Å². The molecule has 0 aromatic heterocycles. The van der Waals surface area contributed by atoms with Crippen molar-refractivity contribution in [3.05, 3.63) is 53.6 Å². The fourth-order valence-corrected chi connectivity index (χ4v) is 3.27. The predicted molar refractivity (Wildman–Crippen MR) is 125 cm³/mol. The van der Waals surface area contributed by atoms with Crippen molar-refractivity contribution in [2.24, 2.45) is 5.14 Å². The normalized spacial score (nSPS) is 11.2. The molecule has 32 heavy (non-hydrogen) atoms. The molecule has 0 saturated carbocycles. The van der Waals surface area contributed by atoms with Crippen LogP contribution in [0.2, 0.25) is 0 Å². The third-order valence-electron chi connectivity index (χ3n) is 3.79. The van der Waals surface area contributed by atoms with Gasteiger partial charge in [-0.3, -0.25) is 0 Å². The van der Waals surface area contributed by atoms with Gasteiger partial charge in [0.15, 0.2) is 5.11 Å². The minimum atomic E-state index is -3.80. The van der Waals surface area contributed by atoms with Gasteiger partial charge in [0.25, 0.3) is 0 Å². The Morgan fingerprint density at radius 2 is 1.28 bits per heavy atom. The quantitative estimate of drug-likeness (QED) is 0.403. The molecule has 2 rings (SSSR count). The fourth-order valence-electron chi connectivity index (χ4n) is 2.52. The van der Waals surface area contributed by atoms with Gasteiger partial charge in [0, 0.05) is 11.4 Å². The minimum absolute atomic E-state index is 0.0356. The van der Waals surface area contributed by atoms with Gasteiger partial charge in [-0.1, -0.05) is 0 Å². The molecule has 0 amide bonds. The molecule has 0 atom stereocenters. The number of anilines is 2. The lowest BCUT2D eigenvalue weighted by Gasteiger charge is -2.15. The van der Waals surface area contributed by atoms with Crippen molar-refractivity contribution in [1.82, 2.24) is 0 Å². The molecule has 0 heterocycles. The second-order valence-electron chi connectivity index (χ2n) is 7.36. The van der Waals surface area contributed by atoms with Crippen LogP contribution in [0.5, 0.6) is 0 Å². The van der Waals surface area contributed by atoms with Gasteiger partial charge in [0.2, 0.25) is 10.0 Å². The highest BCUT2D eigenvalue weighted by atomic mass is 32.2. The van der Waals surface area contributed by atoms with Gasteiger partial charge >= 0.3 is 11.9 Å². The highest BCUT2D eigenvalue weighted by molar-refractivity contribution is 7.89. The lowest BCUT2D eigenvalue weighted by molar-refractivity contribution is 0.0377. The van der Waals surface area contributed by atoms with Gasteiger partial charge in [-0.15, -0.1) is 0 Å².